The Kier molecular flexibility index (Phi) is 7.72. The van der Waals surface area contributed by atoms with Gasteiger partial charge in [-0.1, -0.05) is 48.9 Å². The standard InChI is InChI=1S/C30H29NO6/c1-4-16-37-24-11-7-10-22(18-24)27(32)25-26(21-9-6-8-19(3)17-21)31(29(34)28(25)33)23-14-12-20(13-15-23)30(35)36-5-2/h6-15,17-18,26,32H,4-5,16H2,1-3H3/b27-25+. The molecule has 1 N–H and O–H groups in total. The average molecular weight is 500 g/mol. The number of carbonyl (C=O) groups is 3. The summed E-state index contributed by atoms with van der Waals surface area (Å²) in [5.41, 5.74) is 2.72. The molecular weight excluding hydrogens is 470 g/mol. The number of benzene rings is 3. The van der Waals surface area contributed by atoms with Crippen LogP contribution in [0.15, 0.2) is 78.4 Å². The summed E-state index contributed by atoms with van der Waals surface area (Å²) in [5, 5.41) is 11.4. The number of hydrogen-bond acceptors (Lipinski definition) is 6. The Bertz CT molecular complexity index is 1360. The fraction of sp³-hybridized carbons (Fsp3) is 0.233. The van der Waals surface area contributed by atoms with Gasteiger partial charge in [0.15, 0.2) is 0 Å². The number of anilines is 1. The van der Waals surface area contributed by atoms with Gasteiger partial charge in [0, 0.05) is 11.3 Å². The summed E-state index contributed by atoms with van der Waals surface area (Å²) < 4.78 is 10.7. The molecule has 3 aromatic carbocycles. The molecule has 7 heteroatoms. The van der Waals surface area contributed by atoms with Crippen LogP contribution in [-0.2, 0) is 14.3 Å². The topological polar surface area (TPSA) is 93.1 Å². The monoisotopic (exact) mass is 499 g/mol. The van der Waals surface area contributed by atoms with E-state index in [1.54, 1.807) is 55.5 Å². The number of Topliss-reactive ketones (excluding diaryl/α,β-unsaturated/α-hetero) is 1. The molecule has 4 rings (SSSR count). The molecule has 1 saturated heterocycles. The summed E-state index contributed by atoms with van der Waals surface area (Å²) in [6.07, 6.45) is 0.823. The lowest BCUT2D eigenvalue weighted by atomic mass is 9.94. The summed E-state index contributed by atoms with van der Waals surface area (Å²) in [6, 6.07) is 19.7. The third-order valence-electron chi connectivity index (χ3n) is 6.04. The van der Waals surface area contributed by atoms with Crippen LogP contribution in [0.4, 0.5) is 5.69 Å². The fourth-order valence-corrected chi connectivity index (χ4v) is 4.34. The molecule has 1 unspecified atom stereocenters. The van der Waals surface area contributed by atoms with Gasteiger partial charge in [0.25, 0.3) is 11.7 Å². The zero-order chi connectivity index (χ0) is 26.5. The average Bonchev–Trinajstić information content (AvgIpc) is 3.17. The maximum atomic E-state index is 13.4. The molecule has 0 aromatic heterocycles. The van der Waals surface area contributed by atoms with Gasteiger partial charge < -0.3 is 14.6 Å². The van der Waals surface area contributed by atoms with Gasteiger partial charge in [-0.15, -0.1) is 0 Å². The molecule has 1 fully saturated rings. The third-order valence-corrected chi connectivity index (χ3v) is 6.04. The van der Waals surface area contributed by atoms with Gasteiger partial charge in [0.05, 0.1) is 30.4 Å². The lowest BCUT2D eigenvalue weighted by Gasteiger charge is -2.26. The molecule has 0 spiro atoms. The quantitative estimate of drug-likeness (QED) is 0.188. The highest BCUT2D eigenvalue weighted by Gasteiger charge is 2.47. The lowest BCUT2D eigenvalue weighted by molar-refractivity contribution is -0.132. The molecular formula is C30H29NO6. The summed E-state index contributed by atoms with van der Waals surface area (Å²) >= 11 is 0. The van der Waals surface area contributed by atoms with Crippen molar-refractivity contribution in [2.24, 2.45) is 0 Å². The van der Waals surface area contributed by atoms with Crippen LogP contribution in [0.5, 0.6) is 5.75 Å². The first-order valence-electron chi connectivity index (χ1n) is 12.2. The number of aryl methyl sites for hydroxylation is 1. The summed E-state index contributed by atoms with van der Waals surface area (Å²) in [4.78, 5) is 40.2. The molecule has 1 aliphatic heterocycles. The first kappa shape index (κ1) is 25.7. The van der Waals surface area contributed by atoms with E-state index in [0.717, 1.165) is 12.0 Å². The predicted octanol–water partition coefficient (Wildman–Crippen LogP) is 5.59. The van der Waals surface area contributed by atoms with Gasteiger partial charge in [0.2, 0.25) is 0 Å². The number of rotatable bonds is 8. The maximum Gasteiger partial charge on any atom is 0.338 e. The molecule has 1 aliphatic rings. The molecule has 0 bridgehead atoms. The van der Waals surface area contributed by atoms with Crippen molar-refractivity contribution >= 4 is 29.1 Å². The van der Waals surface area contributed by atoms with Gasteiger partial charge in [-0.2, -0.15) is 0 Å². The summed E-state index contributed by atoms with van der Waals surface area (Å²) in [5.74, 6) is -1.76. The second-order valence-corrected chi connectivity index (χ2v) is 8.73. The molecule has 1 amide bonds. The minimum atomic E-state index is -0.867. The van der Waals surface area contributed by atoms with Crippen molar-refractivity contribution in [3.63, 3.8) is 0 Å². The number of aliphatic hydroxyl groups is 1. The SMILES string of the molecule is CCCOc1cccc(/C(O)=C2\C(=O)C(=O)N(c3ccc(C(=O)OCC)cc3)C2c2cccc(C)c2)c1. The van der Waals surface area contributed by atoms with Crippen LogP contribution < -0.4 is 9.64 Å². The van der Waals surface area contributed by atoms with Crippen molar-refractivity contribution in [2.45, 2.75) is 33.2 Å². The number of ether oxygens (including phenoxy) is 2. The minimum Gasteiger partial charge on any atom is -0.507 e. The molecule has 1 atom stereocenters. The fourth-order valence-electron chi connectivity index (χ4n) is 4.34. The number of aliphatic hydroxyl groups excluding tert-OH is 1. The smallest absolute Gasteiger partial charge is 0.338 e. The van der Waals surface area contributed by atoms with E-state index in [9.17, 15) is 19.5 Å². The number of amides is 1. The van der Waals surface area contributed by atoms with E-state index in [1.807, 2.05) is 38.1 Å². The number of ketones is 1. The first-order valence-corrected chi connectivity index (χ1v) is 12.2. The van der Waals surface area contributed by atoms with Gasteiger partial charge in [-0.3, -0.25) is 14.5 Å². The van der Waals surface area contributed by atoms with Crippen LogP contribution in [0.25, 0.3) is 5.76 Å². The molecule has 37 heavy (non-hydrogen) atoms. The second kappa shape index (κ2) is 11.1. The van der Waals surface area contributed by atoms with Crippen molar-refractivity contribution in [2.75, 3.05) is 18.1 Å². The normalized spacial score (nSPS) is 16.6. The van der Waals surface area contributed by atoms with E-state index in [4.69, 9.17) is 9.47 Å². The van der Waals surface area contributed by atoms with Crippen LogP contribution in [0, 0.1) is 6.92 Å². The van der Waals surface area contributed by atoms with Gasteiger partial charge >= 0.3 is 5.97 Å². The number of carbonyl (C=O) groups excluding carboxylic acids is 3. The van der Waals surface area contributed by atoms with Crippen molar-refractivity contribution in [1.29, 1.82) is 0 Å². The summed E-state index contributed by atoms with van der Waals surface area (Å²) in [6.45, 7) is 6.39. The van der Waals surface area contributed by atoms with Crippen molar-refractivity contribution in [3.05, 3.63) is 101 Å². The molecule has 0 saturated carbocycles. The maximum absolute atomic E-state index is 13.4. The zero-order valence-corrected chi connectivity index (χ0v) is 21.1. The van der Waals surface area contributed by atoms with Crippen LogP contribution in [-0.4, -0.2) is 36.0 Å². The summed E-state index contributed by atoms with van der Waals surface area (Å²) in [7, 11) is 0. The van der Waals surface area contributed by atoms with Crippen molar-refractivity contribution in [1.82, 2.24) is 0 Å². The third kappa shape index (κ3) is 5.26. The molecule has 7 nitrogen and oxygen atoms in total. The Labute approximate surface area is 215 Å². The van der Waals surface area contributed by atoms with Gasteiger partial charge in [-0.05, 0) is 62.2 Å². The highest BCUT2D eigenvalue weighted by Crippen LogP contribution is 2.42. The lowest BCUT2D eigenvalue weighted by Crippen LogP contribution is -2.29. The molecule has 1 heterocycles. The largest absolute Gasteiger partial charge is 0.507 e. The van der Waals surface area contributed by atoms with Crippen LogP contribution >= 0.6 is 0 Å². The molecule has 3 aromatic rings. The van der Waals surface area contributed by atoms with Crippen LogP contribution in [0.2, 0.25) is 0 Å². The van der Waals surface area contributed by atoms with Gasteiger partial charge in [0.1, 0.15) is 11.5 Å². The Hall–Kier alpha value is -4.39. The predicted molar refractivity (Wildman–Crippen MR) is 141 cm³/mol. The second-order valence-electron chi connectivity index (χ2n) is 8.73. The van der Waals surface area contributed by atoms with E-state index in [2.05, 4.69) is 0 Å². The Morgan fingerprint density at radius 2 is 1.68 bits per heavy atom. The van der Waals surface area contributed by atoms with E-state index in [-0.39, 0.29) is 17.9 Å². The number of esters is 1. The Morgan fingerprint density at radius 1 is 0.946 bits per heavy atom. The van der Waals surface area contributed by atoms with Crippen LogP contribution in [0.1, 0.15) is 53.4 Å². The highest BCUT2D eigenvalue weighted by atomic mass is 16.5. The Morgan fingerprint density at radius 3 is 2.35 bits per heavy atom. The van der Waals surface area contributed by atoms with Crippen LogP contribution in [0.3, 0.4) is 0 Å². The van der Waals surface area contributed by atoms with Crippen molar-refractivity contribution in [3.8, 4) is 5.75 Å². The molecule has 0 aliphatic carbocycles. The van der Waals surface area contributed by atoms with E-state index < -0.39 is 23.7 Å². The van der Waals surface area contributed by atoms with E-state index in [0.29, 0.717) is 34.7 Å². The van der Waals surface area contributed by atoms with E-state index >= 15 is 0 Å². The zero-order valence-electron chi connectivity index (χ0n) is 21.1. The highest BCUT2D eigenvalue weighted by molar-refractivity contribution is 6.51. The van der Waals surface area contributed by atoms with Gasteiger partial charge in [-0.25, -0.2) is 4.79 Å². The Balaban J connectivity index is 1.84. The number of nitrogens with zero attached hydrogens (tertiary/aromatic N) is 1. The first-order chi connectivity index (χ1) is 17.8. The van der Waals surface area contributed by atoms with Crippen molar-refractivity contribution < 1.29 is 29.0 Å². The minimum absolute atomic E-state index is 0.0160. The number of hydrogen-bond donors (Lipinski definition) is 1. The van der Waals surface area contributed by atoms with E-state index in [1.165, 1.54) is 4.90 Å². The molecule has 190 valence electrons. The molecule has 0 radical (unpaired) electrons.